The second kappa shape index (κ2) is 7.14. The molecule has 1 saturated heterocycles. The van der Waals surface area contributed by atoms with Crippen LogP contribution < -0.4 is 0 Å². The summed E-state index contributed by atoms with van der Waals surface area (Å²) in [5.74, 6) is -0.371. The minimum atomic E-state index is -0.922. The highest BCUT2D eigenvalue weighted by molar-refractivity contribution is 5.81. The summed E-state index contributed by atoms with van der Waals surface area (Å²) in [6.45, 7) is 10.1. The van der Waals surface area contributed by atoms with Crippen molar-refractivity contribution in [2.75, 3.05) is 6.54 Å². The van der Waals surface area contributed by atoms with Gasteiger partial charge in [-0.1, -0.05) is 26.7 Å². The van der Waals surface area contributed by atoms with E-state index in [2.05, 4.69) is 13.8 Å². The molecule has 0 aromatic rings. The molecular weight excluding hydrogens is 270 g/mol. The highest BCUT2D eigenvalue weighted by Gasteiger charge is 2.43. The Bertz CT molecular complexity index is 371. The van der Waals surface area contributed by atoms with Gasteiger partial charge in [0.05, 0.1) is 0 Å². The molecule has 0 bridgehead atoms. The van der Waals surface area contributed by atoms with E-state index in [1.54, 1.807) is 20.8 Å². The van der Waals surface area contributed by atoms with Gasteiger partial charge in [-0.15, -0.1) is 0 Å². The predicted molar refractivity (Wildman–Crippen MR) is 81.2 cm³/mol. The Labute approximate surface area is 127 Å². The van der Waals surface area contributed by atoms with E-state index in [0.29, 0.717) is 12.5 Å². The molecule has 5 nitrogen and oxygen atoms in total. The summed E-state index contributed by atoms with van der Waals surface area (Å²) in [4.78, 5) is 25.2. The third-order valence-corrected chi connectivity index (χ3v) is 4.19. The zero-order valence-corrected chi connectivity index (χ0v) is 13.9. The number of aliphatic carboxylic acids is 1. The average molecular weight is 299 g/mol. The number of carbonyl (C=O) groups excluding carboxylic acids is 1. The summed E-state index contributed by atoms with van der Waals surface area (Å²) < 4.78 is 5.33. The van der Waals surface area contributed by atoms with E-state index in [-0.39, 0.29) is 5.92 Å². The zero-order chi connectivity index (χ0) is 16.2. The number of nitrogens with zero attached hydrogens (tertiary/aromatic N) is 1. The summed E-state index contributed by atoms with van der Waals surface area (Å²) in [5, 5.41) is 9.51. The van der Waals surface area contributed by atoms with E-state index in [1.165, 1.54) is 4.90 Å². The molecule has 0 saturated carbocycles. The third kappa shape index (κ3) is 4.90. The van der Waals surface area contributed by atoms with Crippen molar-refractivity contribution in [1.82, 2.24) is 4.90 Å². The Balaban J connectivity index is 2.79. The lowest BCUT2D eigenvalue weighted by atomic mass is 9.86. The average Bonchev–Trinajstić information content (AvgIpc) is 2.77. The molecule has 1 rings (SSSR count). The summed E-state index contributed by atoms with van der Waals surface area (Å²) in [5.41, 5.74) is -0.604. The zero-order valence-electron chi connectivity index (χ0n) is 13.9. The number of carbonyl (C=O) groups is 2. The van der Waals surface area contributed by atoms with Crippen LogP contribution in [0.4, 0.5) is 4.79 Å². The maximum absolute atomic E-state index is 12.2. The number of likely N-dealkylation sites (tertiary alicyclic amines) is 1. The SMILES string of the molecule is CCC(CC)C[C@H]1CCN(C(=O)OC(C)(C)C)[C@@H]1C(=O)O. The molecule has 1 aliphatic rings. The topological polar surface area (TPSA) is 66.8 Å². The van der Waals surface area contributed by atoms with E-state index < -0.39 is 23.7 Å². The molecule has 0 radical (unpaired) electrons. The second-order valence-corrected chi connectivity index (χ2v) is 6.92. The quantitative estimate of drug-likeness (QED) is 0.843. The Morgan fingerprint density at radius 3 is 2.29 bits per heavy atom. The van der Waals surface area contributed by atoms with Crippen molar-refractivity contribution in [1.29, 1.82) is 0 Å². The van der Waals surface area contributed by atoms with Gasteiger partial charge in [0.25, 0.3) is 0 Å². The van der Waals surface area contributed by atoms with Crippen LogP contribution in [0.15, 0.2) is 0 Å². The lowest BCUT2D eigenvalue weighted by Crippen LogP contribution is -2.45. The highest BCUT2D eigenvalue weighted by atomic mass is 16.6. The molecule has 1 heterocycles. The van der Waals surface area contributed by atoms with Gasteiger partial charge in [-0.05, 0) is 45.4 Å². The van der Waals surface area contributed by atoms with E-state index in [0.717, 1.165) is 25.7 Å². The summed E-state index contributed by atoms with van der Waals surface area (Å²) in [6.07, 6.45) is 3.19. The normalized spacial score (nSPS) is 22.7. The molecule has 5 heteroatoms. The number of carboxylic acids is 1. The number of ether oxygens (including phenoxy) is 1. The van der Waals surface area contributed by atoms with Gasteiger partial charge in [-0.2, -0.15) is 0 Å². The molecule has 0 unspecified atom stereocenters. The van der Waals surface area contributed by atoms with Crippen LogP contribution in [0, 0.1) is 11.8 Å². The molecule has 1 N–H and O–H groups in total. The molecule has 1 fully saturated rings. The molecule has 0 spiro atoms. The van der Waals surface area contributed by atoms with Gasteiger partial charge in [0, 0.05) is 6.54 Å². The fourth-order valence-corrected chi connectivity index (χ4v) is 3.01. The van der Waals surface area contributed by atoms with Crippen LogP contribution >= 0.6 is 0 Å². The first kappa shape index (κ1) is 17.8. The minimum absolute atomic E-state index is 0.0277. The fraction of sp³-hybridized carbons (Fsp3) is 0.875. The fourth-order valence-electron chi connectivity index (χ4n) is 3.01. The van der Waals surface area contributed by atoms with Gasteiger partial charge in [-0.25, -0.2) is 9.59 Å². The molecule has 0 aliphatic carbocycles. The van der Waals surface area contributed by atoms with Crippen molar-refractivity contribution in [3.8, 4) is 0 Å². The van der Waals surface area contributed by atoms with Crippen LogP contribution in [0.5, 0.6) is 0 Å². The van der Waals surface area contributed by atoms with Gasteiger partial charge in [0.2, 0.25) is 0 Å². The summed E-state index contributed by atoms with van der Waals surface area (Å²) >= 11 is 0. The van der Waals surface area contributed by atoms with Gasteiger partial charge in [0.1, 0.15) is 11.6 Å². The van der Waals surface area contributed by atoms with Crippen molar-refractivity contribution in [2.45, 2.75) is 71.9 Å². The van der Waals surface area contributed by atoms with Crippen LogP contribution in [0.1, 0.15) is 60.3 Å². The molecule has 122 valence electrons. The van der Waals surface area contributed by atoms with Crippen LogP contribution in [0.25, 0.3) is 0 Å². The van der Waals surface area contributed by atoms with Crippen molar-refractivity contribution < 1.29 is 19.4 Å². The van der Waals surface area contributed by atoms with E-state index in [9.17, 15) is 14.7 Å². The Morgan fingerprint density at radius 1 is 1.29 bits per heavy atom. The van der Waals surface area contributed by atoms with Crippen LogP contribution in [0.2, 0.25) is 0 Å². The lowest BCUT2D eigenvalue weighted by molar-refractivity contribution is -0.143. The van der Waals surface area contributed by atoms with E-state index in [4.69, 9.17) is 4.74 Å². The standard InChI is InChI=1S/C16H29NO4/c1-6-11(7-2)10-12-8-9-17(13(12)14(18)19)15(20)21-16(3,4)5/h11-13H,6-10H2,1-5H3,(H,18,19)/t12-,13+/m1/s1. The lowest BCUT2D eigenvalue weighted by Gasteiger charge is -2.29. The molecular formula is C16H29NO4. The van der Waals surface area contributed by atoms with Crippen molar-refractivity contribution in [2.24, 2.45) is 11.8 Å². The number of carboxylic acid groups (broad SMARTS) is 1. The van der Waals surface area contributed by atoms with Crippen LogP contribution in [0.3, 0.4) is 0 Å². The number of rotatable bonds is 5. The first-order chi connectivity index (χ1) is 9.69. The van der Waals surface area contributed by atoms with E-state index in [1.807, 2.05) is 0 Å². The third-order valence-electron chi connectivity index (χ3n) is 4.19. The molecule has 2 atom stereocenters. The largest absolute Gasteiger partial charge is 0.480 e. The van der Waals surface area contributed by atoms with E-state index >= 15 is 0 Å². The first-order valence-electron chi connectivity index (χ1n) is 7.92. The second-order valence-electron chi connectivity index (χ2n) is 6.92. The smallest absolute Gasteiger partial charge is 0.411 e. The maximum Gasteiger partial charge on any atom is 0.411 e. The van der Waals surface area contributed by atoms with Gasteiger partial charge < -0.3 is 9.84 Å². The first-order valence-corrected chi connectivity index (χ1v) is 7.92. The predicted octanol–water partition coefficient (Wildman–Crippen LogP) is 3.52. The van der Waals surface area contributed by atoms with Gasteiger partial charge >= 0.3 is 12.1 Å². The summed E-state index contributed by atoms with van der Waals surface area (Å²) in [6, 6.07) is -0.750. The molecule has 1 aliphatic heterocycles. The molecule has 0 aromatic carbocycles. The summed E-state index contributed by atoms with van der Waals surface area (Å²) in [7, 11) is 0. The Morgan fingerprint density at radius 2 is 1.86 bits per heavy atom. The molecule has 1 amide bonds. The Kier molecular flexibility index (Phi) is 6.05. The number of hydrogen-bond acceptors (Lipinski definition) is 3. The monoisotopic (exact) mass is 299 g/mol. The van der Waals surface area contributed by atoms with Crippen molar-refractivity contribution >= 4 is 12.1 Å². The van der Waals surface area contributed by atoms with Gasteiger partial charge in [0.15, 0.2) is 0 Å². The van der Waals surface area contributed by atoms with Crippen LogP contribution in [-0.4, -0.2) is 40.3 Å². The minimum Gasteiger partial charge on any atom is -0.480 e. The number of hydrogen-bond donors (Lipinski definition) is 1. The van der Waals surface area contributed by atoms with Gasteiger partial charge in [-0.3, -0.25) is 4.90 Å². The van der Waals surface area contributed by atoms with Crippen LogP contribution in [-0.2, 0) is 9.53 Å². The molecule has 21 heavy (non-hydrogen) atoms. The Hall–Kier alpha value is -1.26. The highest BCUT2D eigenvalue weighted by Crippen LogP contribution is 2.33. The maximum atomic E-state index is 12.2. The van der Waals surface area contributed by atoms with Crippen molar-refractivity contribution in [3.63, 3.8) is 0 Å². The van der Waals surface area contributed by atoms with Crippen molar-refractivity contribution in [3.05, 3.63) is 0 Å². The number of amides is 1. The molecule has 0 aromatic heterocycles.